The average Bonchev–Trinajstić information content (AvgIpc) is 3.06. The van der Waals surface area contributed by atoms with Gasteiger partial charge in [-0.25, -0.2) is 0 Å². The highest BCUT2D eigenvalue weighted by Crippen LogP contribution is 2.41. The van der Waals surface area contributed by atoms with Gasteiger partial charge >= 0.3 is 7.40 Å². The Bertz CT molecular complexity index is 701. The molecule has 1 aromatic heterocycles. The maximum absolute atomic E-state index is 13.9. The van der Waals surface area contributed by atoms with E-state index in [9.17, 15) is 8.63 Å². The summed E-state index contributed by atoms with van der Waals surface area (Å²) in [5.74, 6) is 0.767. The van der Waals surface area contributed by atoms with E-state index in [2.05, 4.69) is 27.7 Å². The van der Waals surface area contributed by atoms with Crippen LogP contribution in [0.1, 0.15) is 76.9 Å². The SMILES string of the molecule is CCc1c(CC)c(/C(C)=C2\N=C(C)C(CC)C2CC)n(B(F)F)c1C. The van der Waals surface area contributed by atoms with Crippen LogP contribution in [0.2, 0.25) is 0 Å². The minimum absolute atomic E-state index is 0.334. The third-order valence-electron chi connectivity index (χ3n) is 5.88. The molecule has 0 aromatic carbocycles. The fraction of sp³-hybridized carbons (Fsp3) is 0.650. The predicted octanol–water partition coefficient (Wildman–Crippen LogP) is 5.95. The molecule has 0 saturated heterocycles. The summed E-state index contributed by atoms with van der Waals surface area (Å²) in [6.07, 6.45) is 3.57. The van der Waals surface area contributed by atoms with Crippen molar-refractivity contribution in [1.82, 2.24) is 4.48 Å². The van der Waals surface area contributed by atoms with E-state index in [1.165, 1.54) is 4.48 Å². The van der Waals surface area contributed by atoms with Crippen LogP contribution in [0.5, 0.6) is 0 Å². The van der Waals surface area contributed by atoms with Gasteiger partial charge in [0.05, 0.1) is 0 Å². The molecule has 2 heterocycles. The summed E-state index contributed by atoms with van der Waals surface area (Å²) in [5.41, 5.74) is 6.62. The molecular formula is C20H31BF2N2. The summed E-state index contributed by atoms with van der Waals surface area (Å²) >= 11 is 0. The summed E-state index contributed by atoms with van der Waals surface area (Å²) in [6.45, 7) is 14.3. The van der Waals surface area contributed by atoms with Crippen LogP contribution in [0.25, 0.3) is 5.57 Å². The zero-order valence-electron chi connectivity index (χ0n) is 16.7. The van der Waals surface area contributed by atoms with E-state index < -0.39 is 7.40 Å². The normalized spacial score (nSPS) is 22.4. The summed E-state index contributed by atoms with van der Waals surface area (Å²) in [5, 5.41) is 0. The first-order chi connectivity index (χ1) is 11.8. The average molecular weight is 348 g/mol. The van der Waals surface area contributed by atoms with E-state index in [0.717, 1.165) is 53.8 Å². The van der Waals surface area contributed by atoms with Crippen molar-refractivity contribution in [2.45, 2.75) is 74.1 Å². The van der Waals surface area contributed by atoms with Crippen molar-refractivity contribution >= 4 is 18.7 Å². The molecule has 0 spiro atoms. The molecule has 138 valence electrons. The number of hydrogen-bond acceptors (Lipinski definition) is 1. The van der Waals surface area contributed by atoms with Crippen molar-refractivity contribution in [3.05, 3.63) is 28.2 Å². The van der Waals surface area contributed by atoms with Gasteiger partial charge in [-0.1, -0.05) is 27.7 Å². The van der Waals surface area contributed by atoms with Crippen molar-refractivity contribution in [2.24, 2.45) is 16.8 Å². The molecule has 0 aliphatic carbocycles. The Morgan fingerprint density at radius 3 is 2.00 bits per heavy atom. The molecule has 2 nitrogen and oxygen atoms in total. The number of rotatable bonds is 6. The molecule has 0 N–H and O–H groups in total. The Balaban J connectivity index is 2.76. The zero-order valence-corrected chi connectivity index (χ0v) is 16.7. The van der Waals surface area contributed by atoms with Crippen LogP contribution < -0.4 is 0 Å². The molecule has 0 radical (unpaired) electrons. The molecule has 0 saturated carbocycles. The number of aromatic nitrogens is 1. The molecule has 2 atom stereocenters. The minimum atomic E-state index is -2.52. The van der Waals surface area contributed by atoms with Gasteiger partial charge < -0.3 is 4.48 Å². The highest BCUT2D eigenvalue weighted by Gasteiger charge is 2.35. The van der Waals surface area contributed by atoms with E-state index in [-0.39, 0.29) is 0 Å². The lowest BCUT2D eigenvalue weighted by molar-refractivity contribution is 0.473. The molecule has 25 heavy (non-hydrogen) atoms. The van der Waals surface area contributed by atoms with Gasteiger partial charge in [-0.15, -0.1) is 0 Å². The minimum Gasteiger partial charge on any atom is -0.329 e. The van der Waals surface area contributed by atoms with Crippen molar-refractivity contribution in [2.75, 3.05) is 0 Å². The van der Waals surface area contributed by atoms with Gasteiger partial charge in [-0.05, 0) is 63.2 Å². The Labute approximate surface area is 151 Å². The second kappa shape index (κ2) is 7.88. The van der Waals surface area contributed by atoms with Crippen LogP contribution in [0, 0.1) is 18.8 Å². The monoisotopic (exact) mass is 348 g/mol. The zero-order chi connectivity index (χ0) is 18.9. The molecule has 0 fully saturated rings. The summed E-state index contributed by atoms with van der Waals surface area (Å²) in [7, 11) is -2.52. The van der Waals surface area contributed by atoms with E-state index in [1.54, 1.807) is 0 Å². The van der Waals surface area contributed by atoms with Gasteiger partial charge in [-0.2, -0.15) is 0 Å². The third-order valence-corrected chi connectivity index (χ3v) is 5.88. The Morgan fingerprint density at radius 1 is 1.00 bits per heavy atom. The lowest BCUT2D eigenvalue weighted by atomic mass is 9.83. The molecule has 5 heteroatoms. The lowest BCUT2D eigenvalue weighted by Crippen LogP contribution is -2.19. The molecular weight excluding hydrogens is 317 g/mol. The molecule has 1 aliphatic heterocycles. The topological polar surface area (TPSA) is 17.3 Å². The second-order valence-corrected chi connectivity index (χ2v) is 7.04. The molecule has 2 unspecified atom stereocenters. The molecule has 1 aromatic rings. The van der Waals surface area contributed by atoms with Gasteiger partial charge in [0.2, 0.25) is 0 Å². The Kier molecular flexibility index (Phi) is 6.28. The number of nitrogens with zero attached hydrogens (tertiary/aromatic N) is 2. The largest absolute Gasteiger partial charge is 0.677 e. The second-order valence-electron chi connectivity index (χ2n) is 7.04. The highest BCUT2D eigenvalue weighted by atomic mass is 19.2. The molecule has 1 aliphatic rings. The number of halogens is 2. The van der Waals surface area contributed by atoms with Gasteiger partial charge in [-0.3, -0.25) is 13.6 Å². The van der Waals surface area contributed by atoms with Crippen molar-refractivity contribution < 1.29 is 8.63 Å². The maximum Gasteiger partial charge on any atom is 0.677 e. The van der Waals surface area contributed by atoms with Crippen molar-refractivity contribution in [1.29, 1.82) is 0 Å². The van der Waals surface area contributed by atoms with E-state index in [0.29, 0.717) is 23.2 Å². The van der Waals surface area contributed by atoms with Crippen LogP contribution >= 0.6 is 0 Å². The smallest absolute Gasteiger partial charge is 0.329 e. The molecule has 0 bridgehead atoms. The number of hydrogen-bond donors (Lipinski definition) is 0. The van der Waals surface area contributed by atoms with Crippen molar-refractivity contribution in [3.63, 3.8) is 0 Å². The fourth-order valence-corrected chi connectivity index (χ4v) is 4.70. The van der Waals surface area contributed by atoms with Gasteiger partial charge in [0.1, 0.15) is 0 Å². The highest BCUT2D eigenvalue weighted by molar-refractivity contribution is 6.41. The van der Waals surface area contributed by atoms with Gasteiger partial charge in [0.25, 0.3) is 0 Å². The first-order valence-corrected chi connectivity index (χ1v) is 9.60. The maximum atomic E-state index is 13.9. The quantitative estimate of drug-likeness (QED) is 0.565. The summed E-state index contributed by atoms with van der Waals surface area (Å²) in [4.78, 5) is 4.85. The van der Waals surface area contributed by atoms with Crippen LogP contribution in [-0.4, -0.2) is 17.6 Å². The molecule has 0 amide bonds. The predicted molar refractivity (Wildman–Crippen MR) is 105 cm³/mol. The van der Waals surface area contributed by atoms with Crippen LogP contribution in [-0.2, 0) is 12.8 Å². The van der Waals surface area contributed by atoms with Gasteiger partial charge in [0.15, 0.2) is 0 Å². The number of aliphatic imine (C=N–C) groups is 1. The lowest BCUT2D eigenvalue weighted by Gasteiger charge is -2.20. The van der Waals surface area contributed by atoms with Crippen LogP contribution in [0.3, 0.4) is 0 Å². The summed E-state index contributed by atoms with van der Waals surface area (Å²) in [6, 6.07) is 0. The van der Waals surface area contributed by atoms with E-state index in [4.69, 9.17) is 4.99 Å². The first kappa shape index (κ1) is 19.9. The van der Waals surface area contributed by atoms with Gasteiger partial charge in [0, 0.05) is 34.6 Å². The van der Waals surface area contributed by atoms with Crippen LogP contribution in [0.4, 0.5) is 8.63 Å². The summed E-state index contributed by atoms with van der Waals surface area (Å²) < 4.78 is 29.0. The first-order valence-electron chi connectivity index (χ1n) is 9.60. The molecule has 2 rings (SSSR count). The van der Waals surface area contributed by atoms with E-state index in [1.807, 2.05) is 20.8 Å². The van der Waals surface area contributed by atoms with E-state index >= 15 is 0 Å². The Morgan fingerprint density at radius 2 is 1.56 bits per heavy atom. The van der Waals surface area contributed by atoms with Crippen LogP contribution in [0.15, 0.2) is 10.7 Å². The number of allylic oxidation sites excluding steroid dienone is 2. The Hall–Kier alpha value is -1.39. The fourth-order valence-electron chi connectivity index (χ4n) is 4.70. The standard InChI is InChI=1S/C20H31BF2N2/c1-8-15-13(6)24-19(17(15)10-3)12(5)20-18(11-4)16(9-2)14(7)25(20)21(22)23/h15,17H,8-11H2,1-7H3/b19-12-. The van der Waals surface area contributed by atoms with Crippen molar-refractivity contribution in [3.8, 4) is 0 Å². The third kappa shape index (κ3) is 3.22.